The van der Waals surface area contributed by atoms with E-state index in [1.54, 1.807) is 36.4 Å². The summed E-state index contributed by atoms with van der Waals surface area (Å²) in [5.41, 5.74) is 2.93. The van der Waals surface area contributed by atoms with Crippen molar-refractivity contribution in [2.75, 3.05) is 40.5 Å². The molecule has 0 bridgehead atoms. The number of hydrogen-bond donors (Lipinski definition) is 2. The van der Waals surface area contributed by atoms with Gasteiger partial charge in [-0.1, -0.05) is 48.0 Å². The molecule has 57 heavy (non-hydrogen) atoms. The first kappa shape index (κ1) is 40.4. The van der Waals surface area contributed by atoms with Gasteiger partial charge in [0, 0.05) is 81.9 Å². The third-order valence-corrected chi connectivity index (χ3v) is 13.6. The van der Waals surface area contributed by atoms with Crippen LogP contribution in [0.3, 0.4) is 0 Å². The van der Waals surface area contributed by atoms with Crippen LogP contribution in [0.2, 0.25) is 5.02 Å². The number of nitrogens with zero attached hydrogens (tertiary/aromatic N) is 3. The van der Waals surface area contributed by atoms with Crippen LogP contribution >= 0.6 is 35.5 Å². The molecule has 1 aromatic heterocycles. The fraction of sp³-hybridized carbons (Fsp3) is 0.214. The Kier molecular flexibility index (Phi) is 12.1. The molecule has 8 nitrogen and oxygen atoms in total. The van der Waals surface area contributed by atoms with E-state index in [1.165, 1.54) is 11.8 Å². The summed E-state index contributed by atoms with van der Waals surface area (Å²) in [4.78, 5) is 17.3. The molecule has 0 saturated carbocycles. The SMILES string of the molecule is Cc1c(C=O)c(C2=CCCC(N3CCN(c4ccc(NSc5ccc(NSc6ccccc6)c(S(=O)(=O)C(F)(F)F)c5)cc4)CC3)=C2)c(-c2ccc(Cl)cc2)n1C. The maximum atomic E-state index is 13.7. The summed E-state index contributed by atoms with van der Waals surface area (Å²) in [6, 6.07) is 28.3. The summed E-state index contributed by atoms with van der Waals surface area (Å²) in [6.07, 6.45) is 7.18. The maximum Gasteiger partial charge on any atom is 0.501 e. The third kappa shape index (κ3) is 8.74. The molecule has 2 N–H and O–H groups in total. The first-order valence-electron chi connectivity index (χ1n) is 18.1. The second-order valence-electron chi connectivity index (χ2n) is 13.6. The van der Waals surface area contributed by atoms with Crippen LogP contribution in [0.5, 0.6) is 0 Å². The second kappa shape index (κ2) is 17.0. The number of alkyl halides is 3. The molecule has 1 aliphatic carbocycles. The minimum Gasteiger partial charge on any atom is -0.371 e. The minimum absolute atomic E-state index is 0.159. The van der Waals surface area contributed by atoms with E-state index in [1.807, 2.05) is 62.5 Å². The van der Waals surface area contributed by atoms with Gasteiger partial charge >= 0.3 is 5.51 Å². The van der Waals surface area contributed by atoms with Crippen molar-refractivity contribution in [2.24, 2.45) is 7.05 Å². The Morgan fingerprint density at radius 2 is 1.49 bits per heavy atom. The Balaban J connectivity index is 0.996. The number of piperazine rings is 1. The number of hydrogen-bond acceptors (Lipinski definition) is 9. The number of sulfone groups is 1. The van der Waals surface area contributed by atoms with Gasteiger partial charge in [0.15, 0.2) is 6.29 Å². The van der Waals surface area contributed by atoms with Crippen LogP contribution in [0.1, 0.15) is 34.5 Å². The molecule has 1 fully saturated rings. The summed E-state index contributed by atoms with van der Waals surface area (Å²) in [5.74, 6) is 0. The van der Waals surface area contributed by atoms with Gasteiger partial charge in [0.25, 0.3) is 9.84 Å². The fourth-order valence-corrected chi connectivity index (χ4v) is 9.62. The largest absolute Gasteiger partial charge is 0.501 e. The lowest BCUT2D eigenvalue weighted by Crippen LogP contribution is -2.46. The number of rotatable bonds is 12. The number of benzene rings is 4. The van der Waals surface area contributed by atoms with E-state index in [-0.39, 0.29) is 5.69 Å². The zero-order chi connectivity index (χ0) is 40.3. The molecule has 0 spiro atoms. The first-order valence-corrected chi connectivity index (χ1v) is 21.6. The molecule has 7 rings (SSSR count). The van der Waals surface area contributed by atoms with Crippen LogP contribution in [0.4, 0.5) is 30.2 Å². The molecular weight excluding hydrogens is 811 g/mol. The van der Waals surface area contributed by atoms with E-state index in [0.717, 1.165) is 109 Å². The number of aromatic nitrogens is 1. The van der Waals surface area contributed by atoms with Gasteiger partial charge in [0.2, 0.25) is 0 Å². The van der Waals surface area contributed by atoms with Crippen molar-refractivity contribution in [2.45, 2.75) is 40.0 Å². The van der Waals surface area contributed by atoms with Crippen molar-refractivity contribution in [3.8, 4) is 11.3 Å². The fourth-order valence-electron chi connectivity index (χ4n) is 7.03. The zero-order valence-electron chi connectivity index (χ0n) is 31.0. The maximum absolute atomic E-state index is 13.7. The van der Waals surface area contributed by atoms with Crippen molar-refractivity contribution in [1.29, 1.82) is 0 Å². The van der Waals surface area contributed by atoms with Gasteiger partial charge in [0.05, 0.1) is 11.4 Å². The lowest BCUT2D eigenvalue weighted by atomic mass is 9.92. The molecule has 296 valence electrons. The van der Waals surface area contributed by atoms with Crippen molar-refractivity contribution in [3.05, 3.63) is 137 Å². The summed E-state index contributed by atoms with van der Waals surface area (Å²) < 4.78 is 74.1. The number of halogens is 4. The highest BCUT2D eigenvalue weighted by molar-refractivity contribution is 8.01. The molecule has 0 radical (unpaired) electrons. The third-order valence-electron chi connectivity index (χ3n) is 10.1. The average molecular weight is 850 g/mol. The molecule has 2 aliphatic rings. The topological polar surface area (TPSA) is 86.7 Å². The smallest absolute Gasteiger partial charge is 0.371 e. The second-order valence-corrected chi connectivity index (χ2v) is 17.7. The number of aldehydes is 1. The van der Waals surface area contributed by atoms with Crippen molar-refractivity contribution < 1.29 is 26.4 Å². The first-order chi connectivity index (χ1) is 27.3. The Labute approximate surface area is 344 Å². The normalized spacial score (nSPS) is 14.9. The number of allylic oxidation sites excluding steroid dienone is 4. The van der Waals surface area contributed by atoms with E-state index < -0.39 is 20.2 Å². The number of anilines is 3. The van der Waals surface area contributed by atoms with Crippen LogP contribution in [-0.4, -0.2) is 55.9 Å². The number of carbonyl (C=O) groups excluding carboxylic acids is 1. The summed E-state index contributed by atoms with van der Waals surface area (Å²) in [6.45, 7) is 5.22. The van der Waals surface area contributed by atoms with Crippen molar-refractivity contribution in [1.82, 2.24) is 9.47 Å². The Morgan fingerprint density at radius 3 is 2.16 bits per heavy atom. The predicted octanol–water partition coefficient (Wildman–Crippen LogP) is 10.9. The van der Waals surface area contributed by atoms with Gasteiger partial charge in [-0.25, -0.2) is 8.42 Å². The summed E-state index contributed by atoms with van der Waals surface area (Å²) in [5, 5.41) is 0.654. The standard InChI is InChI=1S/C42H39ClF3N5O3S3/c1-28-37(27-52)40(41(49(28)2)29-11-13-31(43)14-12-29)30-7-6-8-34(25-30)51-23-21-50(22-24-51)33-17-15-32(16-18-33)47-56-36-19-20-38(48-55-35-9-4-3-5-10-35)39(26-36)57(53,54)42(44,45)46/h3-5,7,9-20,25-27,47-48H,6,8,21-24H2,1-2H3. The van der Waals surface area contributed by atoms with Gasteiger partial charge in [-0.2, -0.15) is 13.2 Å². The molecule has 0 atom stereocenters. The molecule has 2 heterocycles. The molecule has 4 aromatic carbocycles. The van der Waals surface area contributed by atoms with Crippen molar-refractivity contribution in [3.63, 3.8) is 0 Å². The molecule has 1 aliphatic heterocycles. The number of carbonyl (C=O) groups is 1. The van der Waals surface area contributed by atoms with Crippen LogP contribution in [-0.2, 0) is 16.9 Å². The van der Waals surface area contributed by atoms with Gasteiger partial charge < -0.3 is 23.8 Å². The van der Waals surface area contributed by atoms with E-state index >= 15 is 0 Å². The molecule has 1 saturated heterocycles. The van der Waals surface area contributed by atoms with Gasteiger partial charge in [-0.05, 0) is 128 Å². The van der Waals surface area contributed by atoms with Crippen LogP contribution in [0.15, 0.2) is 130 Å². The lowest BCUT2D eigenvalue weighted by Gasteiger charge is -2.39. The summed E-state index contributed by atoms with van der Waals surface area (Å²) >= 11 is 8.24. The summed E-state index contributed by atoms with van der Waals surface area (Å²) in [7, 11) is -3.64. The molecule has 0 amide bonds. The van der Waals surface area contributed by atoms with Crippen LogP contribution in [0, 0.1) is 6.92 Å². The highest BCUT2D eigenvalue weighted by Gasteiger charge is 2.48. The Bertz CT molecular complexity index is 2430. The Morgan fingerprint density at radius 1 is 0.825 bits per heavy atom. The van der Waals surface area contributed by atoms with E-state index in [0.29, 0.717) is 26.1 Å². The predicted molar refractivity (Wildman–Crippen MR) is 227 cm³/mol. The van der Waals surface area contributed by atoms with Crippen LogP contribution < -0.4 is 14.3 Å². The average Bonchev–Trinajstić information content (AvgIpc) is 3.48. The van der Waals surface area contributed by atoms with E-state index in [2.05, 4.69) is 36.0 Å². The quantitative estimate of drug-likeness (QED) is 0.0941. The molecule has 5 aromatic rings. The Hall–Kier alpha value is -4.76. The van der Waals surface area contributed by atoms with Crippen molar-refractivity contribution >= 4 is 74.3 Å². The highest BCUT2D eigenvalue weighted by atomic mass is 35.5. The lowest BCUT2D eigenvalue weighted by molar-refractivity contribution is -0.0435. The van der Waals surface area contributed by atoms with E-state index in [9.17, 15) is 26.4 Å². The number of nitrogens with one attached hydrogen (secondary N) is 2. The van der Waals surface area contributed by atoms with Gasteiger partial charge in [-0.15, -0.1) is 0 Å². The monoisotopic (exact) mass is 849 g/mol. The molecule has 15 heteroatoms. The molecular formula is C42H39ClF3N5O3S3. The van der Waals surface area contributed by atoms with Gasteiger partial charge in [0.1, 0.15) is 4.90 Å². The zero-order valence-corrected chi connectivity index (χ0v) is 34.2. The minimum atomic E-state index is -5.63. The van der Waals surface area contributed by atoms with Gasteiger partial charge in [-0.3, -0.25) is 4.79 Å². The molecule has 0 unspecified atom stereocenters. The highest BCUT2D eigenvalue weighted by Crippen LogP contribution is 2.40. The van der Waals surface area contributed by atoms with E-state index in [4.69, 9.17) is 11.6 Å². The van der Waals surface area contributed by atoms with Crippen LogP contribution in [0.25, 0.3) is 16.8 Å².